The predicted octanol–water partition coefficient (Wildman–Crippen LogP) is 5.06. The zero-order valence-electron chi connectivity index (χ0n) is 16.2. The fraction of sp³-hybridized carbons (Fsp3) is 0.409. The Morgan fingerprint density at radius 3 is 2.07 bits per heavy atom. The summed E-state index contributed by atoms with van der Waals surface area (Å²) in [5.41, 5.74) is 1.62. The summed E-state index contributed by atoms with van der Waals surface area (Å²) >= 11 is 0. The van der Waals surface area contributed by atoms with E-state index in [-0.39, 0.29) is 22.5 Å². The molecule has 1 amide bonds. The minimum absolute atomic E-state index is 0.0443. The van der Waals surface area contributed by atoms with Crippen molar-refractivity contribution in [1.29, 1.82) is 0 Å². The van der Waals surface area contributed by atoms with E-state index in [1.807, 2.05) is 6.92 Å². The Kier molecular flexibility index (Phi) is 6.73. The molecule has 1 aliphatic carbocycles. The number of amides is 1. The first kappa shape index (κ1) is 20.4. The van der Waals surface area contributed by atoms with Crippen molar-refractivity contribution in [2.75, 3.05) is 5.32 Å². The SMILES string of the molecule is Cc1ccc(S(=O)(=O)Oc2ccc(NC(=O)C3CCCCCCC3)cc2)cc1. The number of anilines is 1. The number of rotatable bonds is 5. The third-order valence-corrected chi connectivity index (χ3v) is 6.37. The summed E-state index contributed by atoms with van der Waals surface area (Å²) in [4.78, 5) is 12.6. The summed E-state index contributed by atoms with van der Waals surface area (Å²) < 4.78 is 29.9. The van der Waals surface area contributed by atoms with E-state index in [2.05, 4.69) is 5.32 Å². The second-order valence-electron chi connectivity index (χ2n) is 7.41. The number of hydrogen-bond donors (Lipinski definition) is 1. The quantitative estimate of drug-likeness (QED) is 0.711. The summed E-state index contributed by atoms with van der Waals surface area (Å²) in [6.07, 6.45) is 7.73. The number of nitrogens with one attached hydrogen (secondary N) is 1. The Bertz CT molecular complexity index is 881. The molecule has 0 heterocycles. The van der Waals surface area contributed by atoms with Crippen LogP contribution in [0.2, 0.25) is 0 Å². The first-order chi connectivity index (χ1) is 13.4. The maximum atomic E-state index is 12.5. The average molecular weight is 402 g/mol. The monoisotopic (exact) mass is 401 g/mol. The Hall–Kier alpha value is -2.34. The number of carbonyl (C=O) groups excluding carboxylic acids is 1. The summed E-state index contributed by atoms with van der Waals surface area (Å²) in [5.74, 6) is 0.311. The zero-order valence-corrected chi connectivity index (χ0v) is 17.0. The van der Waals surface area contributed by atoms with Crippen LogP contribution < -0.4 is 9.50 Å². The maximum absolute atomic E-state index is 12.5. The minimum atomic E-state index is -3.88. The van der Waals surface area contributed by atoms with E-state index in [4.69, 9.17) is 4.18 Å². The van der Waals surface area contributed by atoms with Crippen molar-refractivity contribution in [2.45, 2.75) is 56.8 Å². The fourth-order valence-corrected chi connectivity index (χ4v) is 4.37. The van der Waals surface area contributed by atoms with E-state index in [9.17, 15) is 13.2 Å². The molecule has 1 fully saturated rings. The van der Waals surface area contributed by atoms with Gasteiger partial charge >= 0.3 is 10.1 Å². The van der Waals surface area contributed by atoms with Crippen LogP contribution >= 0.6 is 0 Å². The van der Waals surface area contributed by atoms with Crippen molar-refractivity contribution in [1.82, 2.24) is 0 Å². The van der Waals surface area contributed by atoms with Gasteiger partial charge in [-0.25, -0.2) is 0 Å². The van der Waals surface area contributed by atoms with Crippen LogP contribution in [0.1, 0.15) is 50.5 Å². The highest BCUT2D eigenvalue weighted by molar-refractivity contribution is 7.87. The zero-order chi connectivity index (χ0) is 20.0. The second-order valence-corrected chi connectivity index (χ2v) is 8.95. The molecule has 2 aromatic rings. The maximum Gasteiger partial charge on any atom is 0.339 e. The molecule has 5 nitrogen and oxygen atoms in total. The highest BCUT2D eigenvalue weighted by Crippen LogP contribution is 2.25. The highest BCUT2D eigenvalue weighted by Gasteiger charge is 2.20. The van der Waals surface area contributed by atoms with E-state index in [1.165, 1.54) is 31.4 Å². The van der Waals surface area contributed by atoms with Crippen LogP contribution in [0.4, 0.5) is 5.69 Å². The normalized spacial score (nSPS) is 16.0. The number of benzene rings is 2. The number of hydrogen-bond acceptors (Lipinski definition) is 4. The minimum Gasteiger partial charge on any atom is -0.379 e. The van der Waals surface area contributed by atoms with Gasteiger partial charge in [-0.1, -0.05) is 49.8 Å². The summed E-state index contributed by atoms with van der Waals surface area (Å²) in [5, 5.41) is 2.94. The molecule has 1 aliphatic rings. The molecular formula is C22H27NO4S. The smallest absolute Gasteiger partial charge is 0.339 e. The molecule has 0 spiro atoms. The first-order valence-electron chi connectivity index (χ1n) is 9.86. The Balaban J connectivity index is 1.61. The molecule has 0 atom stereocenters. The summed E-state index contributed by atoms with van der Waals surface area (Å²) in [6.45, 7) is 1.89. The van der Waals surface area contributed by atoms with Gasteiger partial charge in [-0.05, 0) is 56.2 Å². The van der Waals surface area contributed by atoms with Crippen molar-refractivity contribution in [3.8, 4) is 5.75 Å². The lowest BCUT2D eigenvalue weighted by atomic mass is 9.90. The first-order valence-corrected chi connectivity index (χ1v) is 11.3. The van der Waals surface area contributed by atoms with Crippen LogP contribution in [0.15, 0.2) is 53.4 Å². The van der Waals surface area contributed by atoms with Crippen molar-refractivity contribution in [3.63, 3.8) is 0 Å². The molecule has 150 valence electrons. The predicted molar refractivity (Wildman–Crippen MR) is 110 cm³/mol. The molecule has 0 bridgehead atoms. The molecule has 0 aliphatic heterocycles. The fourth-order valence-electron chi connectivity index (χ4n) is 3.44. The largest absolute Gasteiger partial charge is 0.379 e. The van der Waals surface area contributed by atoms with Crippen LogP contribution in [0, 0.1) is 12.8 Å². The third-order valence-electron chi connectivity index (χ3n) is 5.11. The molecule has 0 radical (unpaired) electrons. The third kappa shape index (κ3) is 5.58. The summed E-state index contributed by atoms with van der Waals surface area (Å²) in [6, 6.07) is 12.9. The topological polar surface area (TPSA) is 72.5 Å². The van der Waals surface area contributed by atoms with E-state index in [0.717, 1.165) is 31.2 Å². The molecule has 6 heteroatoms. The van der Waals surface area contributed by atoms with Gasteiger partial charge < -0.3 is 9.50 Å². The second kappa shape index (κ2) is 9.24. The van der Waals surface area contributed by atoms with Crippen LogP contribution in [-0.4, -0.2) is 14.3 Å². The van der Waals surface area contributed by atoms with Crippen molar-refractivity contribution in [3.05, 3.63) is 54.1 Å². The molecule has 1 saturated carbocycles. The molecule has 0 unspecified atom stereocenters. The van der Waals surface area contributed by atoms with Crippen LogP contribution in [0.3, 0.4) is 0 Å². The lowest BCUT2D eigenvalue weighted by Gasteiger charge is -2.19. The van der Waals surface area contributed by atoms with Crippen LogP contribution in [-0.2, 0) is 14.9 Å². The molecule has 3 rings (SSSR count). The van der Waals surface area contributed by atoms with Crippen molar-refractivity contribution < 1.29 is 17.4 Å². The van der Waals surface area contributed by atoms with E-state index < -0.39 is 10.1 Å². The van der Waals surface area contributed by atoms with Gasteiger partial charge in [0, 0.05) is 11.6 Å². The molecule has 28 heavy (non-hydrogen) atoms. The average Bonchev–Trinajstić information content (AvgIpc) is 2.63. The number of carbonyl (C=O) groups is 1. The van der Waals surface area contributed by atoms with Crippen molar-refractivity contribution in [2.24, 2.45) is 5.92 Å². The Labute approximate surface area is 167 Å². The van der Waals surface area contributed by atoms with Gasteiger partial charge in [0.15, 0.2) is 0 Å². The van der Waals surface area contributed by atoms with Crippen LogP contribution in [0.25, 0.3) is 0 Å². The number of aryl methyl sites for hydroxylation is 1. The van der Waals surface area contributed by atoms with Gasteiger partial charge in [0.1, 0.15) is 10.6 Å². The van der Waals surface area contributed by atoms with Gasteiger partial charge in [-0.15, -0.1) is 0 Å². The van der Waals surface area contributed by atoms with Crippen LogP contribution in [0.5, 0.6) is 5.75 Å². The van der Waals surface area contributed by atoms with E-state index in [0.29, 0.717) is 5.69 Å². The summed E-state index contributed by atoms with van der Waals surface area (Å²) in [7, 11) is -3.88. The molecule has 2 aromatic carbocycles. The van der Waals surface area contributed by atoms with Gasteiger partial charge in [0.2, 0.25) is 5.91 Å². The molecular weight excluding hydrogens is 374 g/mol. The van der Waals surface area contributed by atoms with Gasteiger partial charge in [0.05, 0.1) is 0 Å². The molecule has 0 aromatic heterocycles. The Morgan fingerprint density at radius 2 is 1.46 bits per heavy atom. The van der Waals surface area contributed by atoms with E-state index >= 15 is 0 Å². The van der Waals surface area contributed by atoms with Gasteiger partial charge in [0.25, 0.3) is 0 Å². The molecule has 0 saturated heterocycles. The standard InChI is InChI=1S/C22H27NO4S/c1-17-9-15-21(16-10-17)28(25,26)27-20-13-11-19(12-14-20)23-22(24)18-7-5-3-2-4-6-8-18/h9-16,18H,2-8H2,1H3,(H,23,24). The highest BCUT2D eigenvalue weighted by atomic mass is 32.2. The Morgan fingerprint density at radius 1 is 0.893 bits per heavy atom. The van der Waals surface area contributed by atoms with Crippen molar-refractivity contribution >= 4 is 21.7 Å². The lowest BCUT2D eigenvalue weighted by Crippen LogP contribution is -2.23. The van der Waals surface area contributed by atoms with Gasteiger partial charge in [-0.3, -0.25) is 4.79 Å². The van der Waals surface area contributed by atoms with E-state index in [1.54, 1.807) is 36.4 Å². The lowest BCUT2D eigenvalue weighted by molar-refractivity contribution is -0.120. The molecule has 1 N–H and O–H groups in total. The van der Waals surface area contributed by atoms with Gasteiger partial charge in [-0.2, -0.15) is 8.42 Å².